The molecule has 1 aliphatic rings. The first-order valence-corrected chi connectivity index (χ1v) is 5.54. The monoisotopic (exact) mass is 187 g/mol. The quantitative estimate of drug-likeness (QED) is 0.494. The Morgan fingerprint density at radius 3 is 2.57 bits per heavy atom. The Morgan fingerprint density at radius 2 is 1.64 bits per heavy atom. The largest absolute Gasteiger partial charge is 0.0882 e. The van der Waals surface area contributed by atoms with E-state index in [9.17, 15) is 0 Å². The van der Waals surface area contributed by atoms with E-state index in [-0.39, 0.29) is 0 Å². The Morgan fingerprint density at radius 1 is 0.786 bits per heavy atom. The minimum atomic E-state index is 1.01. The van der Waals surface area contributed by atoms with Crippen LogP contribution in [-0.4, -0.2) is 0 Å². The molecule has 0 amide bonds. The highest BCUT2D eigenvalue weighted by atomic mass is 13.9. The summed E-state index contributed by atoms with van der Waals surface area (Å²) in [5, 5.41) is 0. The van der Waals surface area contributed by atoms with E-state index in [2.05, 4.69) is 36.5 Å². The Labute approximate surface area is 87.7 Å². The van der Waals surface area contributed by atoms with Crippen molar-refractivity contribution in [3.8, 4) is 0 Å². The van der Waals surface area contributed by atoms with Gasteiger partial charge in [0.2, 0.25) is 0 Å². The van der Waals surface area contributed by atoms with Crippen molar-refractivity contribution < 1.29 is 0 Å². The van der Waals surface area contributed by atoms with Gasteiger partial charge in [0.05, 0.1) is 0 Å². The van der Waals surface area contributed by atoms with Gasteiger partial charge in [-0.3, -0.25) is 0 Å². The molecule has 1 rings (SSSR count). The van der Waals surface area contributed by atoms with E-state index in [0.29, 0.717) is 0 Å². The third kappa shape index (κ3) is 6.47. The van der Waals surface area contributed by atoms with Gasteiger partial charge in [-0.1, -0.05) is 49.0 Å². The molecule has 0 atom stereocenters. The lowest BCUT2D eigenvalue weighted by Gasteiger charge is -1.94. The summed E-state index contributed by atoms with van der Waals surface area (Å²) in [7, 11) is 0. The zero-order chi connectivity index (χ0) is 9.90. The molecule has 14 heavy (non-hydrogen) atoms. The molecule has 0 bridgehead atoms. The van der Waals surface area contributed by atoms with Gasteiger partial charge in [-0.15, -0.1) is 0 Å². The smallest absolute Gasteiger partial charge is 0.0160 e. The topological polar surface area (TPSA) is 0 Å². The molecule has 0 saturated carbocycles. The van der Waals surface area contributed by atoms with Crippen molar-refractivity contribution in [2.45, 2.75) is 38.5 Å². The standard InChI is InChI=1S/C14H19/c1-2-4-6-8-10-12-14-13-11-9-7-5-3-1/h1-4,8,12,14H,5,7,9-11,13H2/b3-1+,4-2+,8-6?,14-12-. The maximum absolute atomic E-state index is 3.13. The van der Waals surface area contributed by atoms with Gasteiger partial charge in [-0.25, -0.2) is 0 Å². The van der Waals surface area contributed by atoms with Gasteiger partial charge in [-0.05, 0) is 38.2 Å². The van der Waals surface area contributed by atoms with E-state index in [4.69, 9.17) is 0 Å². The molecule has 0 nitrogen and oxygen atoms in total. The molecule has 0 spiro atoms. The first-order chi connectivity index (χ1) is 7.00. The Kier molecular flexibility index (Phi) is 6.74. The van der Waals surface area contributed by atoms with Crippen LogP contribution in [0.15, 0.2) is 42.5 Å². The Hall–Kier alpha value is -1.04. The molecule has 1 aliphatic carbocycles. The van der Waals surface area contributed by atoms with Crippen molar-refractivity contribution >= 4 is 0 Å². The Balaban J connectivity index is 2.36. The average molecular weight is 187 g/mol. The second-order valence-electron chi connectivity index (χ2n) is 3.50. The lowest BCUT2D eigenvalue weighted by Crippen LogP contribution is -1.75. The van der Waals surface area contributed by atoms with Crippen LogP contribution in [-0.2, 0) is 0 Å². The van der Waals surface area contributed by atoms with Crippen LogP contribution >= 0.6 is 0 Å². The summed E-state index contributed by atoms with van der Waals surface area (Å²) in [4.78, 5) is 0. The number of rotatable bonds is 0. The van der Waals surface area contributed by atoms with Crippen LogP contribution in [0.5, 0.6) is 0 Å². The first kappa shape index (κ1) is 11.0. The molecular weight excluding hydrogens is 168 g/mol. The SMILES string of the molecule is [C]1=C/C/C=C\CCCCC/C=C/C=C/1. The van der Waals surface area contributed by atoms with Crippen LogP contribution in [0, 0.1) is 6.08 Å². The van der Waals surface area contributed by atoms with Gasteiger partial charge < -0.3 is 0 Å². The number of allylic oxidation sites excluding steroid dienone is 8. The van der Waals surface area contributed by atoms with Crippen molar-refractivity contribution in [1.82, 2.24) is 0 Å². The van der Waals surface area contributed by atoms with Gasteiger partial charge >= 0.3 is 0 Å². The van der Waals surface area contributed by atoms with Gasteiger partial charge in [0.15, 0.2) is 0 Å². The van der Waals surface area contributed by atoms with E-state index < -0.39 is 0 Å². The van der Waals surface area contributed by atoms with Gasteiger partial charge in [0.1, 0.15) is 0 Å². The van der Waals surface area contributed by atoms with E-state index in [1.54, 1.807) is 0 Å². The van der Waals surface area contributed by atoms with E-state index in [1.807, 2.05) is 12.2 Å². The molecule has 0 heteroatoms. The van der Waals surface area contributed by atoms with Gasteiger partial charge in [0.25, 0.3) is 0 Å². The molecular formula is C14H19. The molecule has 75 valence electrons. The fourth-order valence-corrected chi connectivity index (χ4v) is 1.41. The third-order valence-electron chi connectivity index (χ3n) is 2.22. The number of hydrogen-bond donors (Lipinski definition) is 0. The molecule has 0 N–H and O–H groups in total. The van der Waals surface area contributed by atoms with Crippen LogP contribution in [0.25, 0.3) is 0 Å². The van der Waals surface area contributed by atoms with Crippen LogP contribution in [0.4, 0.5) is 0 Å². The van der Waals surface area contributed by atoms with Crippen molar-refractivity contribution in [3.05, 3.63) is 48.6 Å². The zero-order valence-corrected chi connectivity index (χ0v) is 8.78. The second-order valence-corrected chi connectivity index (χ2v) is 3.50. The maximum Gasteiger partial charge on any atom is -0.0160 e. The lowest BCUT2D eigenvalue weighted by atomic mass is 10.1. The molecule has 0 heterocycles. The molecule has 0 unspecified atom stereocenters. The van der Waals surface area contributed by atoms with Crippen molar-refractivity contribution in [1.29, 1.82) is 0 Å². The molecule has 0 aromatic heterocycles. The number of hydrogen-bond acceptors (Lipinski definition) is 0. The van der Waals surface area contributed by atoms with E-state index in [1.165, 1.54) is 32.1 Å². The maximum atomic E-state index is 3.13. The highest BCUT2D eigenvalue weighted by Crippen LogP contribution is 2.05. The predicted molar refractivity (Wildman–Crippen MR) is 62.9 cm³/mol. The second kappa shape index (κ2) is 8.55. The van der Waals surface area contributed by atoms with Crippen LogP contribution < -0.4 is 0 Å². The molecule has 1 radical (unpaired) electrons. The lowest BCUT2D eigenvalue weighted by molar-refractivity contribution is 0.695. The molecule has 0 aromatic rings. The molecule has 0 aromatic carbocycles. The van der Waals surface area contributed by atoms with Crippen molar-refractivity contribution in [2.24, 2.45) is 0 Å². The minimum absolute atomic E-state index is 1.01. The summed E-state index contributed by atoms with van der Waals surface area (Å²) < 4.78 is 0. The normalized spacial score (nSPS) is 28.6. The van der Waals surface area contributed by atoms with E-state index >= 15 is 0 Å². The zero-order valence-electron chi connectivity index (χ0n) is 8.78. The highest BCUT2D eigenvalue weighted by molar-refractivity contribution is 5.08. The summed E-state index contributed by atoms with van der Waals surface area (Å²) in [5.41, 5.74) is 0. The van der Waals surface area contributed by atoms with Gasteiger partial charge in [-0.2, -0.15) is 0 Å². The first-order valence-electron chi connectivity index (χ1n) is 5.54. The van der Waals surface area contributed by atoms with Crippen molar-refractivity contribution in [2.75, 3.05) is 0 Å². The molecule has 0 saturated heterocycles. The van der Waals surface area contributed by atoms with E-state index in [0.717, 1.165) is 6.42 Å². The van der Waals surface area contributed by atoms with Gasteiger partial charge in [0, 0.05) is 0 Å². The van der Waals surface area contributed by atoms with Crippen LogP contribution in [0.1, 0.15) is 38.5 Å². The molecule has 0 aliphatic heterocycles. The predicted octanol–water partition coefficient (Wildman–Crippen LogP) is 4.37. The minimum Gasteiger partial charge on any atom is -0.0882 e. The Bertz CT molecular complexity index is 228. The van der Waals surface area contributed by atoms with Crippen molar-refractivity contribution in [3.63, 3.8) is 0 Å². The van der Waals surface area contributed by atoms with Crippen LogP contribution in [0.3, 0.4) is 0 Å². The fourth-order valence-electron chi connectivity index (χ4n) is 1.41. The fraction of sp³-hybridized carbons (Fsp3) is 0.429. The average Bonchev–Trinajstić information content (AvgIpc) is 2.22. The summed E-state index contributed by atoms with van der Waals surface area (Å²) in [6.07, 6.45) is 25.5. The molecule has 0 fully saturated rings. The van der Waals surface area contributed by atoms with Crippen LogP contribution in [0.2, 0.25) is 0 Å². The summed E-state index contributed by atoms with van der Waals surface area (Å²) in [6.45, 7) is 0. The summed E-state index contributed by atoms with van der Waals surface area (Å²) in [5.74, 6) is 0. The third-order valence-corrected chi connectivity index (χ3v) is 2.22. The summed E-state index contributed by atoms with van der Waals surface area (Å²) in [6, 6.07) is 0. The highest BCUT2D eigenvalue weighted by Gasteiger charge is 1.85. The summed E-state index contributed by atoms with van der Waals surface area (Å²) >= 11 is 0.